The minimum atomic E-state index is -1.48. The van der Waals surface area contributed by atoms with Gasteiger partial charge in [0.2, 0.25) is 29.5 Å². The summed E-state index contributed by atoms with van der Waals surface area (Å²) in [5, 5.41) is 11.1. The van der Waals surface area contributed by atoms with E-state index in [-0.39, 0.29) is 43.3 Å². The molecular weight excluding hydrogens is 791 g/mol. The maximum Gasteiger partial charge on any atom is 0.319 e. The minimum Gasteiger partial charge on any atom is -0.374 e. The molecule has 0 aromatic heterocycles. The first kappa shape index (κ1) is 42.1. The van der Waals surface area contributed by atoms with Crippen molar-refractivity contribution in [1.29, 1.82) is 0 Å². The third-order valence-electron chi connectivity index (χ3n) is 13.7. The zero-order valence-electron chi connectivity index (χ0n) is 35.0. The monoisotopic (exact) mass is 844 g/mol. The summed E-state index contributed by atoms with van der Waals surface area (Å²) in [4.78, 5) is 106. The molecular formula is C44H54F2N8O7. The van der Waals surface area contributed by atoms with Crippen molar-refractivity contribution in [3.8, 4) is 0 Å². The van der Waals surface area contributed by atoms with Crippen LogP contribution >= 0.6 is 0 Å². The van der Waals surface area contributed by atoms with Gasteiger partial charge in [-0.25, -0.2) is 13.6 Å². The Balaban J connectivity index is 1.13. The second kappa shape index (κ2) is 16.3. The molecule has 15 nitrogen and oxygen atoms in total. The topological polar surface area (TPSA) is 181 Å². The molecule has 1 aliphatic carbocycles. The average molecular weight is 845 g/mol. The van der Waals surface area contributed by atoms with E-state index in [1.165, 1.54) is 14.7 Å². The molecule has 5 fully saturated rings. The Labute approximate surface area is 353 Å². The van der Waals surface area contributed by atoms with Crippen LogP contribution in [0, 0.1) is 29.4 Å². The van der Waals surface area contributed by atoms with Crippen LogP contribution in [0.4, 0.5) is 25.0 Å². The molecule has 1 spiro atoms. The minimum absolute atomic E-state index is 0.0592. The highest BCUT2D eigenvalue weighted by molar-refractivity contribution is 6.12. The van der Waals surface area contributed by atoms with Gasteiger partial charge in [-0.15, -0.1) is 0 Å². The van der Waals surface area contributed by atoms with Crippen molar-refractivity contribution in [1.82, 2.24) is 30.7 Å². The number of carbonyl (C=O) groups excluding carboxylic acids is 7. The van der Waals surface area contributed by atoms with Crippen LogP contribution in [0.15, 0.2) is 36.4 Å². The Morgan fingerprint density at radius 1 is 0.869 bits per heavy atom. The normalized spacial score (nSPS) is 30.6. The van der Waals surface area contributed by atoms with Crippen molar-refractivity contribution in [3.63, 3.8) is 0 Å². The molecule has 17 heteroatoms. The molecule has 9 atom stereocenters. The SMILES string of the molecule is C[C@H]1CN2C(=O)[C@H](C)NC(=O)[C@@H]3CCCCN3C(=O)[C@@H]3CCCN3C(=O)[C@@H](NC(=O)[C@H](Cc3cc(F)cc(F)c3)NC(=O)Nc3ccc4c(c3)CCN4C)[C@H](C)C3C(=O)[C@]32C1. The Hall–Kier alpha value is -5.61. The van der Waals surface area contributed by atoms with E-state index in [1.54, 1.807) is 19.9 Å². The standard InChI is InChI=1S/C44H54F2N8O7/c1-23-21-44-35(37(44)55)24(2)36(42(60)53-14-7-9-34(53)41(59)52-13-6-5-8-33(52)39(57)47-25(3)40(58)54(44)22-23)50-38(56)31(18-26-16-28(45)20-29(46)17-26)49-43(61)48-30-10-11-32-27(19-30)12-15-51(32)4/h10-11,16-17,19-20,23-25,31,33-36H,5-9,12-15,18,21-22H2,1-4H3,(H,47,57)(H,50,56)(H2,48,49,61)/t23-,24-,25+,31+,33+,34+,35?,36+,44+/m1/s1. The number of nitrogens with one attached hydrogen (secondary N) is 4. The van der Waals surface area contributed by atoms with E-state index in [0.717, 1.165) is 36.3 Å². The van der Waals surface area contributed by atoms with E-state index in [1.807, 2.05) is 26.1 Å². The van der Waals surface area contributed by atoms with Gasteiger partial charge < -0.3 is 40.9 Å². The number of Topliss-reactive ketones (excluding diaryl/α,β-unsaturated/α-hetero) is 1. The van der Waals surface area contributed by atoms with Gasteiger partial charge in [0, 0.05) is 57.1 Å². The van der Waals surface area contributed by atoms with Gasteiger partial charge in [0.1, 0.15) is 47.4 Å². The summed E-state index contributed by atoms with van der Waals surface area (Å²) in [6, 6.07) is 1.71. The third-order valence-corrected chi connectivity index (χ3v) is 13.7. The highest BCUT2D eigenvalue weighted by Crippen LogP contribution is 2.57. The quantitative estimate of drug-likeness (QED) is 0.343. The Morgan fingerprint density at radius 2 is 1.57 bits per heavy atom. The Bertz CT molecular complexity index is 2150. The van der Waals surface area contributed by atoms with Gasteiger partial charge in [0.15, 0.2) is 5.78 Å². The van der Waals surface area contributed by atoms with Crippen LogP contribution < -0.4 is 26.2 Å². The number of hydrogen-bond acceptors (Lipinski definition) is 8. The number of piperidine rings is 1. The first-order chi connectivity index (χ1) is 29.1. The number of benzene rings is 2. The predicted octanol–water partition coefficient (Wildman–Crippen LogP) is 2.51. The summed E-state index contributed by atoms with van der Waals surface area (Å²) in [6.45, 7) is 6.67. The number of nitrogens with zero attached hydrogens (tertiary/aromatic N) is 4. The van der Waals surface area contributed by atoms with Crippen molar-refractivity contribution in [2.75, 3.05) is 43.4 Å². The highest BCUT2D eigenvalue weighted by atomic mass is 19.1. The van der Waals surface area contributed by atoms with Gasteiger partial charge in [-0.2, -0.15) is 0 Å². The van der Waals surface area contributed by atoms with Crippen LogP contribution in [0.25, 0.3) is 0 Å². The first-order valence-corrected chi connectivity index (χ1v) is 21.5. The third kappa shape index (κ3) is 7.79. The largest absolute Gasteiger partial charge is 0.374 e. The molecule has 4 N–H and O–H groups in total. The lowest BCUT2D eigenvalue weighted by Crippen LogP contribution is -2.61. The van der Waals surface area contributed by atoms with Crippen LogP contribution in [-0.2, 0) is 41.6 Å². The van der Waals surface area contributed by atoms with E-state index < -0.39 is 94.8 Å². The number of halogens is 2. The van der Waals surface area contributed by atoms with Crippen molar-refractivity contribution in [2.45, 2.75) is 108 Å². The Kier molecular flexibility index (Phi) is 11.3. The number of carbonyl (C=O) groups is 7. The summed E-state index contributed by atoms with van der Waals surface area (Å²) >= 11 is 0. The van der Waals surface area contributed by atoms with E-state index in [2.05, 4.69) is 26.2 Å². The second-order valence-electron chi connectivity index (χ2n) is 18.0. The van der Waals surface area contributed by atoms with Crippen LogP contribution in [0.3, 0.4) is 0 Å². The summed E-state index contributed by atoms with van der Waals surface area (Å²) in [5.41, 5.74) is 1.29. The fourth-order valence-corrected chi connectivity index (χ4v) is 10.8. The van der Waals surface area contributed by atoms with Gasteiger partial charge in [0.05, 0.1) is 5.92 Å². The molecule has 1 saturated carbocycles. The molecule has 4 saturated heterocycles. The molecule has 8 rings (SSSR count). The van der Waals surface area contributed by atoms with Crippen LogP contribution in [0.1, 0.15) is 70.4 Å². The number of ketones is 1. The molecule has 2 aromatic carbocycles. The van der Waals surface area contributed by atoms with E-state index in [9.17, 15) is 37.5 Å². The summed E-state index contributed by atoms with van der Waals surface area (Å²) in [6.07, 6.45) is 3.22. The maximum atomic E-state index is 15.0. The average Bonchev–Trinajstić information content (AvgIpc) is 3.65. The van der Waals surface area contributed by atoms with Gasteiger partial charge in [0.25, 0.3) is 0 Å². The van der Waals surface area contributed by atoms with Crippen molar-refractivity contribution in [3.05, 3.63) is 59.2 Å². The van der Waals surface area contributed by atoms with Gasteiger partial charge in [-0.3, -0.25) is 28.8 Å². The van der Waals surface area contributed by atoms with E-state index >= 15 is 4.79 Å². The summed E-state index contributed by atoms with van der Waals surface area (Å²) in [7, 11) is 1.97. The molecule has 6 aliphatic rings. The van der Waals surface area contributed by atoms with E-state index in [4.69, 9.17) is 0 Å². The lowest BCUT2D eigenvalue weighted by molar-refractivity contribution is -0.151. The van der Waals surface area contributed by atoms with Crippen molar-refractivity contribution >= 4 is 52.7 Å². The van der Waals surface area contributed by atoms with Crippen LogP contribution in [0.5, 0.6) is 0 Å². The van der Waals surface area contributed by atoms with Gasteiger partial charge in [-0.1, -0.05) is 13.8 Å². The first-order valence-electron chi connectivity index (χ1n) is 21.5. The second-order valence-corrected chi connectivity index (χ2v) is 18.0. The molecule has 0 radical (unpaired) electrons. The molecule has 0 bridgehead atoms. The van der Waals surface area contributed by atoms with Gasteiger partial charge >= 0.3 is 6.03 Å². The summed E-state index contributed by atoms with van der Waals surface area (Å²) < 4.78 is 29.0. The Morgan fingerprint density at radius 3 is 2.33 bits per heavy atom. The highest BCUT2D eigenvalue weighted by Gasteiger charge is 2.74. The number of rotatable bonds is 6. The van der Waals surface area contributed by atoms with Crippen LogP contribution in [0.2, 0.25) is 0 Å². The molecule has 326 valence electrons. The fourth-order valence-electron chi connectivity index (χ4n) is 10.8. The molecule has 5 aliphatic heterocycles. The molecule has 1 unspecified atom stereocenters. The molecule has 5 heterocycles. The molecule has 2 aromatic rings. The smallest absolute Gasteiger partial charge is 0.319 e. The molecule has 61 heavy (non-hydrogen) atoms. The zero-order chi connectivity index (χ0) is 43.5. The predicted molar refractivity (Wildman–Crippen MR) is 219 cm³/mol. The lowest BCUT2D eigenvalue weighted by Gasteiger charge is -2.39. The number of amides is 7. The van der Waals surface area contributed by atoms with Crippen molar-refractivity contribution < 1.29 is 42.3 Å². The fraction of sp³-hybridized carbons (Fsp3) is 0.568. The lowest BCUT2D eigenvalue weighted by atomic mass is 9.90. The van der Waals surface area contributed by atoms with Gasteiger partial charge in [-0.05, 0) is 105 Å². The number of likely N-dealkylation sites (N-methyl/N-ethyl adjacent to an activating group) is 1. The van der Waals surface area contributed by atoms with Crippen LogP contribution in [-0.4, -0.2) is 125 Å². The maximum absolute atomic E-state index is 15.0. The number of urea groups is 1. The molecule has 7 amide bonds. The summed E-state index contributed by atoms with van der Waals surface area (Å²) in [5.74, 6) is -6.76. The number of hydrogen-bond donors (Lipinski definition) is 4. The number of anilines is 2. The zero-order valence-corrected chi connectivity index (χ0v) is 35.0. The van der Waals surface area contributed by atoms with Crippen molar-refractivity contribution in [2.24, 2.45) is 17.8 Å². The number of fused-ring (bicyclic) bond motifs is 3. The van der Waals surface area contributed by atoms with E-state index in [0.29, 0.717) is 50.3 Å².